The van der Waals surface area contributed by atoms with Crippen LogP contribution in [0.25, 0.3) is 11.0 Å². The Morgan fingerprint density at radius 2 is 1.73 bits per heavy atom. The predicted molar refractivity (Wildman–Crippen MR) is 220 cm³/mol. The van der Waals surface area contributed by atoms with E-state index in [0.717, 1.165) is 61.5 Å². The zero-order valence-corrected chi connectivity index (χ0v) is 32.6. The lowest BCUT2D eigenvalue weighted by Crippen LogP contribution is -2.61. The van der Waals surface area contributed by atoms with Crippen molar-refractivity contribution in [3.63, 3.8) is 0 Å². The van der Waals surface area contributed by atoms with Gasteiger partial charge < -0.3 is 19.4 Å². The molecule has 1 spiro atoms. The molecule has 286 valence electrons. The molecule has 3 atom stereocenters. The number of carbonyl (C=O) groups excluding carboxylic acids is 1. The first-order valence-electron chi connectivity index (χ1n) is 20.6. The topological polar surface area (TPSA) is 73.9 Å². The summed E-state index contributed by atoms with van der Waals surface area (Å²) >= 11 is 0. The molecular weight excluding hydrogens is 683 g/mol. The lowest BCUT2D eigenvalue weighted by molar-refractivity contribution is -0.0681. The van der Waals surface area contributed by atoms with E-state index in [0.29, 0.717) is 52.4 Å². The summed E-state index contributed by atoms with van der Waals surface area (Å²) in [6.07, 6.45) is 13.3. The van der Waals surface area contributed by atoms with Crippen LogP contribution in [0.2, 0.25) is 0 Å². The fourth-order valence-electron chi connectivity index (χ4n) is 10.6. The maximum atomic E-state index is 12.0. The molecule has 2 saturated carbocycles. The smallest absolute Gasteiger partial charge is 0.153 e. The Morgan fingerprint density at radius 3 is 2.51 bits per heavy atom. The minimum Gasteiger partial charge on any atom is -0.497 e. The van der Waals surface area contributed by atoms with Crippen molar-refractivity contribution in [3.8, 4) is 17.2 Å². The maximum Gasteiger partial charge on any atom is 0.153 e. The summed E-state index contributed by atoms with van der Waals surface area (Å²) in [5, 5.41) is 0.978. The number of carbonyl (C=O) groups is 1. The van der Waals surface area contributed by atoms with Crippen LogP contribution in [0.5, 0.6) is 17.2 Å². The molecule has 0 bridgehead atoms. The number of rotatable bonds is 10. The van der Waals surface area contributed by atoms with Crippen LogP contribution in [0.4, 0.5) is 5.69 Å². The third-order valence-corrected chi connectivity index (χ3v) is 13.6. The summed E-state index contributed by atoms with van der Waals surface area (Å²) in [7, 11) is 1.75. The number of piperazine rings is 1. The Hall–Kier alpha value is -4.66. The normalized spacial score (nSPS) is 23.3. The van der Waals surface area contributed by atoms with E-state index in [9.17, 15) is 4.79 Å². The summed E-state index contributed by atoms with van der Waals surface area (Å²) in [4.78, 5) is 27.8. The lowest BCUT2D eigenvalue weighted by atomic mass is 9.59. The molecule has 4 heterocycles. The molecule has 2 aliphatic heterocycles. The highest BCUT2D eigenvalue weighted by Gasteiger charge is 2.50. The van der Waals surface area contributed by atoms with Crippen molar-refractivity contribution in [3.05, 3.63) is 114 Å². The molecule has 3 unspecified atom stereocenters. The number of anilines is 1. The van der Waals surface area contributed by atoms with Gasteiger partial charge in [-0.1, -0.05) is 56.7 Å². The Bertz CT molecular complexity index is 2110. The zero-order valence-electron chi connectivity index (χ0n) is 32.6. The van der Waals surface area contributed by atoms with Crippen LogP contribution in [0.15, 0.2) is 91.3 Å². The van der Waals surface area contributed by atoms with Gasteiger partial charge in [-0.25, -0.2) is 4.98 Å². The minimum absolute atomic E-state index is 0.408. The minimum atomic E-state index is 0.408. The monoisotopic (exact) mass is 737 g/mol. The van der Waals surface area contributed by atoms with Gasteiger partial charge in [0.1, 0.15) is 22.9 Å². The fourth-order valence-corrected chi connectivity index (χ4v) is 10.6. The van der Waals surface area contributed by atoms with Gasteiger partial charge in [-0.2, -0.15) is 0 Å². The molecule has 4 aliphatic rings. The number of pyridine rings is 1. The van der Waals surface area contributed by atoms with E-state index >= 15 is 0 Å². The van der Waals surface area contributed by atoms with Gasteiger partial charge >= 0.3 is 0 Å². The van der Waals surface area contributed by atoms with Crippen molar-refractivity contribution < 1.29 is 14.3 Å². The lowest BCUT2D eigenvalue weighted by Gasteiger charge is -2.59. The van der Waals surface area contributed by atoms with Gasteiger partial charge in [0.25, 0.3) is 0 Å². The molecule has 8 nitrogen and oxygen atoms in total. The highest BCUT2D eigenvalue weighted by molar-refractivity contribution is 5.81. The molecule has 2 saturated heterocycles. The van der Waals surface area contributed by atoms with Gasteiger partial charge in [0.15, 0.2) is 6.29 Å². The number of hydrogen-bond donors (Lipinski definition) is 1. The third kappa shape index (κ3) is 7.04. The number of aromatic nitrogens is 2. The summed E-state index contributed by atoms with van der Waals surface area (Å²) < 4.78 is 11.8. The van der Waals surface area contributed by atoms with E-state index in [2.05, 4.69) is 93.1 Å². The molecule has 9 rings (SSSR count). The van der Waals surface area contributed by atoms with E-state index in [1.807, 2.05) is 30.5 Å². The number of piperidine rings is 1. The SMILES string of the molecule is COc1ccc(C2CCCC2N2CCN(C3CC4(CCN(c5ccc(C=O)c(Oc6cnc7[nH]ccc7c6)c5)CC4)C3)C(c3ccccc3C(C)C)C2)cc1. The summed E-state index contributed by atoms with van der Waals surface area (Å²) in [5.41, 5.74) is 7.40. The second-order valence-corrected chi connectivity index (χ2v) is 17.0. The van der Waals surface area contributed by atoms with E-state index in [4.69, 9.17) is 9.47 Å². The number of H-pyrrole nitrogens is 1. The van der Waals surface area contributed by atoms with Gasteiger partial charge in [0.2, 0.25) is 0 Å². The summed E-state index contributed by atoms with van der Waals surface area (Å²) in [6, 6.07) is 29.7. The van der Waals surface area contributed by atoms with E-state index in [1.165, 1.54) is 61.6 Å². The molecule has 8 heteroatoms. The van der Waals surface area contributed by atoms with E-state index < -0.39 is 0 Å². The number of methoxy groups -OCH3 is 1. The number of fused-ring (bicyclic) bond motifs is 1. The standard InChI is InChI=1S/C47H55N5O3/c1-32(2)40-7-4-5-8-42(40)44-30-51(43-10-6-9-41(43)33-12-15-38(54-3)16-13-33)23-24-52(44)37-27-47(28-37)18-21-50(22-19-47)36-14-11-35(31-53)45(26-36)55-39-25-34-17-20-48-46(34)49-29-39/h4-5,7-8,11-17,20,25-26,29,31-32,37,41,43-44H,6,9-10,18-19,21-24,27-28,30H2,1-3H3,(H,48,49). The molecule has 5 aromatic rings. The summed E-state index contributed by atoms with van der Waals surface area (Å²) in [5.74, 6) is 3.22. The van der Waals surface area contributed by atoms with Crippen molar-refractivity contribution in [2.75, 3.05) is 44.7 Å². The van der Waals surface area contributed by atoms with Crippen LogP contribution in [0, 0.1) is 5.41 Å². The number of benzene rings is 3. The van der Waals surface area contributed by atoms with Crippen LogP contribution < -0.4 is 14.4 Å². The Morgan fingerprint density at radius 1 is 0.909 bits per heavy atom. The molecule has 2 aromatic heterocycles. The molecule has 0 radical (unpaired) electrons. The van der Waals surface area contributed by atoms with Crippen molar-refractivity contribution in [2.45, 2.75) is 88.8 Å². The van der Waals surface area contributed by atoms with Crippen molar-refractivity contribution in [1.29, 1.82) is 0 Å². The Balaban J connectivity index is 0.884. The second-order valence-electron chi connectivity index (χ2n) is 17.0. The van der Waals surface area contributed by atoms with Gasteiger partial charge in [-0.05, 0) is 109 Å². The fraction of sp³-hybridized carbons (Fsp3) is 0.447. The molecule has 1 N–H and O–H groups in total. The predicted octanol–water partition coefficient (Wildman–Crippen LogP) is 9.74. The van der Waals surface area contributed by atoms with Gasteiger partial charge in [-0.15, -0.1) is 0 Å². The van der Waals surface area contributed by atoms with Crippen LogP contribution in [-0.4, -0.2) is 78.0 Å². The second kappa shape index (κ2) is 15.1. The van der Waals surface area contributed by atoms with Gasteiger partial charge in [0.05, 0.1) is 18.9 Å². The van der Waals surface area contributed by atoms with Crippen LogP contribution in [0.1, 0.15) is 104 Å². The van der Waals surface area contributed by atoms with Crippen molar-refractivity contribution in [1.82, 2.24) is 19.8 Å². The maximum absolute atomic E-state index is 12.0. The molecule has 3 aromatic carbocycles. The van der Waals surface area contributed by atoms with Gasteiger partial charge in [0, 0.05) is 74.2 Å². The zero-order chi connectivity index (χ0) is 37.5. The summed E-state index contributed by atoms with van der Waals surface area (Å²) in [6.45, 7) is 10.1. The van der Waals surface area contributed by atoms with Crippen LogP contribution >= 0.6 is 0 Å². The van der Waals surface area contributed by atoms with Crippen LogP contribution in [-0.2, 0) is 0 Å². The van der Waals surface area contributed by atoms with Crippen LogP contribution in [0.3, 0.4) is 0 Å². The van der Waals surface area contributed by atoms with Crippen molar-refractivity contribution >= 4 is 23.0 Å². The first-order chi connectivity index (χ1) is 26.9. The Labute approximate surface area is 325 Å². The quantitative estimate of drug-likeness (QED) is 0.143. The largest absolute Gasteiger partial charge is 0.497 e. The average molecular weight is 738 g/mol. The first-order valence-corrected chi connectivity index (χ1v) is 20.6. The molecule has 0 amide bonds. The number of ether oxygens (including phenoxy) is 2. The highest BCUT2D eigenvalue weighted by atomic mass is 16.5. The number of hydrogen-bond acceptors (Lipinski definition) is 7. The van der Waals surface area contributed by atoms with Gasteiger partial charge in [-0.3, -0.25) is 14.6 Å². The number of aromatic amines is 1. The number of aldehydes is 1. The van der Waals surface area contributed by atoms with Crippen molar-refractivity contribution in [2.24, 2.45) is 5.41 Å². The first kappa shape index (κ1) is 36.0. The van der Waals surface area contributed by atoms with E-state index in [-0.39, 0.29) is 0 Å². The molecule has 4 fully saturated rings. The third-order valence-electron chi connectivity index (χ3n) is 13.6. The highest BCUT2D eigenvalue weighted by Crippen LogP contribution is 2.54. The molecule has 55 heavy (non-hydrogen) atoms. The van der Waals surface area contributed by atoms with E-state index in [1.54, 1.807) is 13.3 Å². The molecule has 2 aliphatic carbocycles. The number of nitrogens with zero attached hydrogens (tertiary/aromatic N) is 4. The number of nitrogens with one attached hydrogen (secondary N) is 1. The average Bonchev–Trinajstić information content (AvgIpc) is 3.90. The Kier molecular flexibility index (Phi) is 9.89. The molecular formula is C47H55N5O3.